The van der Waals surface area contributed by atoms with Gasteiger partial charge in [-0.1, -0.05) is 19.3 Å². The quantitative estimate of drug-likeness (QED) is 0.607. The number of nitrogens with one attached hydrogen (secondary N) is 2. The Morgan fingerprint density at radius 1 is 1.47 bits per heavy atom. The van der Waals surface area contributed by atoms with Gasteiger partial charge in [0.2, 0.25) is 0 Å². The van der Waals surface area contributed by atoms with Crippen LogP contribution < -0.4 is 5.32 Å². The molecule has 0 aromatic heterocycles. The first-order chi connectivity index (χ1) is 7.11. The van der Waals surface area contributed by atoms with Crippen molar-refractivity contribution in [3.8, 4) is 0 Å². The van der Waals surface area contributed by atoms with Gasteiger partial charge in [0.05, 0.1) is 6.04 Å². The summed E-state index contributed by atoms with van der Waals surface area (Å²) in [7, 11) is 0. The van der Waals surface area contributed by atoms with Crippen molar-refractivity contribution in [1.82, 2.24) is 5.32 Å². The lowest BCUT2D eigenvalue weighted by atomic mass is 9.89. The molecule has 1 saturated carbocycles. The normalized spacial score (nSPS) is 19.8. The molecule has 1 unspecified atom stereocenters. The summed E-state index contributed by atoms with van der Waals surface area (Å²) in [5, 5.41) is 19.1. The van der Waals surface area contributed by atoms with Gasteiger partial charge in [-0.25, -0.2) is 4.79 Å². The predicted molar refractivity (Wildman–Crippen MR) is 59.4 cm³/mol. The van der Waals surface area contributed by atoms with Gasteiger partial charge in [-0.05, 0) is 32.2 Å². The van der Waals surface area contributed by atoms with Crippen LogP contribution in [0.4, 0.5) is 0 Å². The lowest BCUT2D eigenvalue weighted by Crippen LogP contribution is -2.40. The lowest BCUT2D eigenvalue weighted by Gasteiger charge is -2.23. The van der Waals surface area contributed by atoms with E-state index in [2.05, 4.69) is 5.32 Å². The minimum absolute atomic E-state index is 0.245. The molecule has 1 fully saturated rings. The SMILES string of the molecule is CC(NCC1CCCCC1)C(=N)C(=O)O. The van der Waals surface area contributed by atoms with Crippen LogP contribution in [0.2, 0.25) is 0 Å². The standard InChI is InChI=1S/C11H20N2O2/c1-8(10(12)11(14)15)13-7-9-5-3-2-4-6-9/h8-9,12-13H,2-7H2,1H3,(H,14,15). The monoisotopic (exact) mass is 212 g/mol. The number of hydrogen-bond donors (Lipinski definition) is 3. The largest absolute Gasteiger partial charge is 0.477 e. The first-order valence-corrected chi connectivity index (χ1v) is 5.66. The lowest BCUT2D eigenvalue weighted by molar-refractivity contribution is -0.129. The second kappa shape index (κ2) is 5.85. The van der Waals surface area contributed by atoms with E-state index >= 15 is 0 Å². The summed E-state index contributed by atoms with van der Waals surface area (Å²) in [6.07, 6.45) is 6.38. The Morgan fingerprint density at radius 3 is 2.60 bits per heavy atom. The van der Waals surface area contributed by atoms with Gasteiger partial charge in [0.1, 0.15) is 5.71 Å². The zero-order chi connectivity index (χ0) is 11.3. The second-order valence-electron chi connectivity index (χ2n) is 4.35. The smallest absolute Gasteiger partial charge is 0.351 e. The minimum Gasteiger partial charge on any atom is -0.477 e. The van der Waals surface area contributed by atoms with Crippen molar-refractivity contribution in [3.05, 3.63) is 0 Å². The molecule has 1 rings (SSSR count). The summed E-state index contributed by atoms with van der Waals surface area (Å²) < 4.78 is 0. The summed E-state index contributed by atoms with van der Waals surface area (Å²) in [6, 6.07) is -0.343. The van der Waals surface area contributed by atoms with Gasteiger partial charge in [-0.15, -0.1) is 0 Å². The van der Waals surface area contributed by atoms with Crippen LogP contribution >= 0.6 is 0 Å². The van der Waals surface area contributed by atoms with Crippen LogP contribution in [-0.4, -0.2) is 29.4 Å². The van der Waals surface area contributed by atoms with E-state index in [9.17, 15) is 4.79 Å². The molecule has 0 amide bonds. The molecule has 0 aromatic rings. The topological polar surface area (TPSA) is 73.2 Å². The van der Waals surface area contributed by atoms with E-state index in [1.54, 1.807) is 6.92 Å². The van der Waals surface area contributed by atoms with Gasteiger partial charge in [-0.3, -0.25) is 5.41 Å². The van der Waals surface area contributed by atoms with E-state index < -0.39 is 5.97 Å². The maximum atomic E-state index is 10.5. The molecule has 0 spiro atoms. The molecule has 1 aliphatic carbocycles. The third-order valence-electron chi connectivity index (χ3n) is 3.10. The summed E-state index contributed by atoms with van der Waals surface area (Å²) in [5.41, 5.74) is -0.245. The third kappa shape index (κ3) is 4.00. The first-order valence-electron chi connectivity index (χ1n) is 5.66. The average Bonchev–Trinajstić information content (AvgIpc) is 2.26. The summed E-state index contributed by atoms with van der Waals surface area (Å²) >= 11 is 0. The van der Waals surface area contributed by atoms with Crippen LogP contribution in [0.5, 0.6) is 0 Å². The number of aliphatic carboxylic acids is 1. The molecule has 0 aliphatic heterocycles. The zero-order valence-electron chi connectivity index (χ0n) is 9.25. The fraction of sp³-hybridized carbons (Fsp3) is 0.818. The Kier molecular flexibility index (Phi) is 4.75. The molecule has 86 valence electrons. The van der Waals surface area contributed by atoms with E-state index in [0.29, 0.717) is 5.92 Å². The second-order valence-corrected chi connectivity index (χ2v) is 4.35. The fourth-order valence-corrected chi connectivity index (χ4v) is 2.02. The number of carboxylic acids is 1. The van der Waals surface area contributed by atoms with E-state index in [1.165, 1.54) is 32.1 Å². The molecule has 1 aliphatic rings. The van der Waals surface area contributed by atoms with Crippen molar-refractivity contribution in [2.75, 3.05) is 6.54 Å². The zero-order valence-corrected chi connectivity index (χ0v) is 9.25. The van der Waals surface area contributed by atoms with Gasteiger partial charge in [0.25, 0.3) is 0 Å². The Morgan fingerprint density at radius 2 is 2.07 bits per heavy atom. The van der Waals surface area contributed by atoms with Crippen molar-refractivity contribution in [2.24, 2.45) is 5.92 Å². The molecule has 0 heterocycles. The van der Waals surface area contributed by atoms with Crippen LogP contribution in [0, 0.1) is 11.3 Å². The highest BCUT2D eigenvalue weighted by Gasteiger charge is 2.18. The van der Waals surface area contributed by atoms with Crippen LogP contribution in [0.15, 0.2) is 0 Å². The summed E-state index contributed by atoms with van der Waals surface area (Å²) in [5.74, 6) is -0.457. The van der Waals surface area contributed by atoms with Crippen molar-refractivity contribution < 1.29 is 9.90 Å². The third-order valence-corrected chi connectivity index (χ3v) is 3.10. The highest BCUT2D eigenvalue weighted by molar-refractivity contribution is 6.36. The molecule has 1 atom stereocenters. The van der Waals surface area contributed by atoms with Crippen molar-refractivity contribution in [2.45, 2.75) is 45.1 Å². The molecule has 4 heteroatoms. The average molecular weight is 212 g/mol. The van der Waals surface area contributed by atoms with Crippen molar-refractivity contribution in [3.63, 3.8) is 0 Å². The van der Waals surface area contributed by atoms with Gasteiger partial charge >= 0.3 is 5.97 Å². The Balaban J connectivity index is 2.23. The summed E-state index contributed by atoms with van der Waals surface area (Å²) in [6.45, 7) is 2.58. The van der Waals surface area contributed by atoms with Crippen LogP contribution in [0.25, 0.3) is 0 Å². The molecule has 0 saturated heterocycles. The van der Waals surface area contributed by atoms with E-state index in [1.807, 2.05) is 0 Å². The Labute approximate surface area is 90.6 Å². The maximum Gasteiger partial charge on any atom is 0.351 e. The van der Waals surface area contributed by atoms with Gasteiger partial charge < -0.3 is 10.4 Å². The first kappa shape index (κ1) is 12.2. The van der Waals surface area contributed by atoms with Crippen molar-refractivity contribution in [1.29, 1.82) is 5.41 Å². The van der Waals surface area contributed by atoms with Crippen LogP contribution in [-0.2, 0) is 4.79 Å². The van der Waals surface area contributed by atoms with Gasteiger partial charge in [0.15, 0.2) is 0 Å². The molecule has 0 bridgehead atoms. The van der Waals surface area contributed by atoms with E-state index in [0.717, 1.165) is 6.54 Å². The molecule has 0 aromatic carbocycles. The molecule has 4 nitrogen and oxygen atoms in total. The van der Waals surface area contributed by atoms with Crippen molar-refractivity contribution >= 4 is 11.7 Å². The number of carbonyl (C=O) groups is 1. The Bertz CT molecular complexity index is 235. The van der Waals surface area contributed by atoms with Gasteiger partial charge in [-0.2, -0.15) is 0 Å². The Hall–Kier alpha value is -0.900. The van der Waals surface area contributed by atoms with Crippen LogP contribution in [0.1, 0.15) is 39.0 Å². The highest BCUT2D eigenvalue weighted by atomic mass is 16.4. The highest BCUT2D eigenvalue weighted by Crippen LogP contribution is 2.22. The summed E-state index contributed by atoms with van der Waals surface area (Å²) in [4.78, 5) is 10.5. The number of carboxylic acid groups (broad SMARTS) is 1. The molecule has 0 radical (unpaired) electrons. The van der Waals surface area contributed by atoms with E-state index in [4.69, 9.17) is 10.5 Å². The number of rotatable bonds is 5. The molecule has 15 heavy (non-hydrogen) atoms. The minimum atomic E-state index is -1.13. The maximum absolute atomic E-state index is 10.5. The van der Waals surface area contributed by atoms with Crippen LogP contribution in [0.3, 0.4) is 0 Å². The fourth-order valence-electron chi connectivity index (χ4n) is 2.02. The molecular weight excluding hydrogens is 192 g/mol. The number of hydrogen-bond acceptors (Lipinski definition) is 3. The molecular formula is C11H20N2O2. The van der Waals surface area contributed by atoms with E-state index in [-0.39, 0.29) is 11.8 Å². The molecule has 3 N–H and O–H groups in total. The van der Waals surface area contributed by atoms with Gasteiger partial charge in [0, 0.05) is 0 Å². The predicted octanol–water partition coefficient (Wildman–Crippen LogP) is 1.65.